The van der Waals surface area contributed by atoms with Crippen molar-refractivity contribution in [2.45, 2.75) is 31.8 Å². The summed E-state index contributed by atoms with van der Waals surface area (Å²) in [5, 5.41) is 3.79. The fourth-order valence-electron chi connectivity index (χ4n) is 3.67. The van der Waals surface area contributed by atoms with Crippen molar-refractivity contribution in [2.75, 3.05) is 0 Å². The van der Waals surface area contributed by atoms with Gasteiger partial charge in [0.15, 0.2) is 0 Å². The summed E-state index contributed by atoms with van der Waals surface area (Å²) < 4.78 is 2.03. The van der Waals surface area contributed by atoms with Crippen molar-refractivity contribution >= 4 is 0 Å². The molecule has 1 fully saturated rings. The van der Waals surface area contributed by atoms with E-state index in [0.29, 0.717) is 12.1 Å². The van der Waals surface area contributed by atoms with Gasteiger partial charge in [-0.05, 0) is 49.3 Å². The number of allylic oxidation sites excluding steroid dienone is 1. The first-order valence-electron chi connectivity index (χ1n) is 7.82. The van der Waals surface area contributed by atoms with Crippen LogP contribution >= 0.6 is 0 Å². The molecule has 2 aliphatic rings. The molecule has 1 saturated carbocycles. The van der Waals surface area contributed by atoms with E-state index in [1.807, 2.05) is 17.1 Å². The Bertz CT molecular complexity index is 627. The first-order chi connectivity index (χ1) is 10.3. The Morgan fingerprint density at radius 1 is 1.29 bits per heavy atom. The Kier molecular flexibility index (Phi) is 3.15. The van der Waals surface area contributed by atoms with Crippen LogP contribution < -0.4 is 5.32 Å². The highest BCUT2D eigenvalue weighted by molar-refractivity contribution is 5.35. The Balaban J connectivity index is 1.42. The van der Waals surface area contributed by atoms with Crippen molar-refractivity contribution in [3.8, 4) is 5.69 Å². The van der Waals surface area contributed by atoms with Crippen molar-refractivity contribution in [3.05, 3.63) is 60.7 Å². The zero-order chi connectivity index (χ0) is 14.2. The van der Waals surface area contributed by atoms with E-state index in [2.05, 4.69) is 53.6 Å². The summed E-state index contributed by atoms with van der Waals surface area (Å²) in [5.41, 5.74) is 2.51. The average Bonchev–Trinajstić information content (AvgIpc) is 3.14. The smallest absolute Gasteiger partial charge is 0.0991 e. The van der Waals surface area contributed by atoms with E-state index in [0.717, 1.165) is 17.5 Å². The molecule has 3 nitrogen and oxygen atoms in total. The predicted octanol–water partition coefficient (Wildman–Crippen LogP) is 3.49. The number of aromatic nitrogens is 2. The second-order valence-electron chi connectivity index (χ2n) is 6.29. The normalized spacial score (nSPS) is 28.1. The average molecular weight is 279 g/mol. The minimum Gasteiger partial charge on any atom is -0.307 e. The van der Waals surface area contributed by atoms with Gasteiger partial charge in [0.05, 0.1) is 6.33 Å². The topological polar surface area (TPSA) is 29.9 Å². The SMILES string of the molecule is C[C@@H](N[C@H]1C[C@H]2CC=C[C@@H]21)c1ccc(-n2ccnc2)cc1. The van der Waals surface area contributed by atoms with Crippen LogP contribution in [0.15, 0.2) is 55.1 Å². The molecule has 1 N–H and O–H groups in total. The van der Waals surface area contributed by atoms with Gasteiger partial charge in [-0.15, -0.1) is 0 Å². The van der Waals surface area contributed by atoms with Gasteiger partial charge in [0.1, 0.15) is 0 Å². The molecule has 0 spiro atoms. The number of rotatable bonds is 4. The molecular weight excluding hydrogens is 258 g/mol. The standard InChI is InChI=1S/C18H21N3/c1-13(20-18-11-15-3-2-4-17(15)18)14-5-7-16(8-6-14)21-10-9-19-12-21/h2,4-10,12-13,15,17-18,20H,3,11H2,1H3/t13-,15-,17+,18+/m1/s1. The Morgan fingerprint density at radius 2 is 2.14 bits per heavy atom. The number of nitrogens with one attached hydrogen (secondary N) is 1. The predicted molar refractivity (Wildman–Crippen MR) is 84.3 cm³/mol. The number of hydrogen-bond donors (Lipinski definition) is 1. The van der Waals surface area contributed by atoms with Gasteiger partial charge in [-0.3, -0.25) is 0 Å². The highest BCUT2D eigenvalue weighted by Gasteiger charge is 2.41. The zero-order valence-electron chi connectivity index (χ0n) is 12.3. The Labute approximate surface area is 125 Å². The summed E-state index contributed by atoms with van der Waals surface area (Å²) in [6, 6.07) is 9.82. The van der Waals surface area contributed by atoms with Crippen LogP contribution in [0.5, 0.6) is 0 Å². The molecule has 3 heteroatoms. The number of hydrogen-bond acceptors (Lipinski definition) is 2. The van der Waals surface area contributed by atoms with Crippen LogP contribution in [0.3, 0.4) is 0 Å². The fraction of sp³-hybridized carbons (Fsp3) is 0.389. The summed E-state index contributed by atoms with van der Waals surface area (Å²) in [6.45, 7) is 2.26. The van der Waals surface area contributed by atoms with Gasteiger partial charge >= 0.3 is 0 Å². The monoisotopic (exact) mass is 279 g/mol. The van der Waals surface area contributed by atoms with Crippen LogP contribution in [0, 0.1) is 11.8 Å². The lowest BCUT2D eigenvalue weighted by molar-refractivity contribution is 0.152. The molecule has 108 valence electrons. The summed E-state index contributed by atoms with van der Waals surface area (Å²) in [5.74, 6) is 1.69. The molecule has 0 unspecified atom stereocenters. The summed E-state index contributed by atoms with van der Waals surface area (Å²) in [4.78, 5) is 4.09. The lowest BCUT2D eigenvalue weighted by Crippen LogP contribution is -2.48. The molecule has 4 atom stereocenters. The third-order valence-electron chi connectivity index (χ3n) is 5.02. The lowest BCUT2D eigenvalue weighted by atomic mass is 9.71. The molecule has 0 radical (unpaired) electrons. The summed E-state index contributed by atoms with van der Waals surface area (Å²) >= 11 is 0. The van der Waals surface area contributed by atoms with E-state index in [9.17, 15) is 0 Å². The van der Waals surface area contributed by atoms with Crippen molar-refractivity contribution < 1.29 is 0 Å². The van der Waals surface area contributed by atoms with Crippen molar-refractivity contribution in [1.82, 2.24) is 14.9 Å². The second-order valence-corrected chi connectivity index (χ2v) is 6.29. The number of nitrogens with zero attached hydrogens (tertiary/aromatic N) is 2. The third-order valence-corrected chi connectivity index (χ3v) is 5.02. The molecule has 21 heavy (non-hydrogen) atoms. The maximum absolute atomic E-state index is 4.09. The summed E-state index contributed by atoms with van der Waals surface area (Å²) in [7, 11) is 0. The Morgan fingerprint density at radius 3 is 2.86 bits per heavy atom. The Hall–Kier alpha value is -1.87. The van der Waals surface area contributed by atoms with Gasteiger partial charge in [0, 0.05) is 30.2 Å². The maximum atomic E-state index is 4.09. The van der Waals surface area contributed by atoms with Crippen LogP contribution in [0.2, 0.25) is 0 Å². The van der Waals surface area contributed by atoms with E-state index >= 15 is 0 Å². The molecule has 0 saturated heterocycles. The first-order valence-corrected chi connectivity index (χ1v) is 7.82. The number of fused-ring (bicyclic) bond motifs is 1. The van der Waals surface area contributed by atoms with Crippen molar-refractivity contribution in [1.29, 1.82) is 0 Å². The molecule has 0 aliphatic heterocycles. The maximum Gasteiger partial charge on any atom is 0.0991 e. The molecular formula is C18H21N3. The quantitative estimate of drug-likeness (QED) is 0.868. The highest BCUT2D eigenvalue weighted by Crippen LogP contribution is 2.43. The molecule has 1 heterocycles. The van der Waals surface area contributed by atoms with Crippen LogP contribution in [0.25, 0.3) is 5.69 Å². The van der Waals surface area contributed by atoms with E-state index < -0.39 is 0 Å². The highest BCUT2D eigenvalue weighted by atomic mass is 15.0. The van der Waals surface area contributed by atoms with Gasteiger partial charge < -0.3 is 9.88 Å². The third kappa shape index (κ3) is 2.32. The fourth-order valence-corrected chi connectivity index (χ4v) is 3.67. The van der Waals surface area contributed by atoms with Crippen LogP contribution in [0.1, 0.15) is 31.4 Å². The van der Waals surface area contributed by atoms with Crippen molar-refractivity contribution in [3.63, 3.8) is 0 Å². The molecule has 0 amide bonds. The first kappa shape index (κ1) is 12.8. The van der Waals surface area contributed by atoms with Gasteiger partial charge in [-0.1, -0.05) is 24.3 Å². The van der Waals surface area contributed by atoms with Gasteiger partial charge in [0.25, 0.3) is 0 Å². The molecule has 1 aromatic heterocycles. The molecule has 4 rings (SSSR count). The molecule has 0 bridgehead atoms. The largest absolute Gasteiger partial charge is 0.307 e. The van der Waals surface area contributed by atoms with Crippen LogP contribution in [0.4, 0.5) is 0 Å². The second kappa shape index (κ2) is 5.15. The molecule has 1 aromatic carbocycles. The van der Waals surface area contributed by atoms with E-state index in [1.54, 1.807) is 6.20 Å². The van der Waals surface area contributed by atoms with E-state index in [-0.39, 0.29) is 0 Å². The van der Waals surface area contributed by atoms with Gasteiger partial charge in [-0.25, -0.2) is 4.98 Å². The van der Waals surface area contributed by atoms with Gasteiger partial charge in [-0.2, -0.15) is 0 Å². The number of benzene rings is 1. The minimum atomic E-state index is 0.404. The summed E-state index contributed by atoms with van der Waals surface area (Å²) in [6.07, 6.45) is 13.0. The van der Waals surface area contributed by atoms with Crippen LogP contribution in [-0.4, -0.2) is 15.6 Å². The number of imidazole rings is 1. The van der Waals surface area contributed by atoms with Crippen LogP contribution in [-0.2, 0) is 0 Å². The van der Waals surface area contributed by atoms with Crippen molar-refractivity contribution in [2.24, 2.45) is 11.8 Å². The lowest BCUT2D eigenvalue weighted by Gasteiger charge is -2.42. The van der Waals surface area contributed by atoms with E-state index in [1.165, 1.54) is 18.4 Å². The minimum absolute atomic E-state index is 0.404. The molecule has 2 aliphatic carbocycles. The molecule has 2 aromatic rings. The van der Waals surface area contributed by atoms with Gasteiger partial charge in [0.2, 0.25) is 0 Å². The zero-order valence-corrected chi connectivity index (χ0v) is 12.3. The van der Waals surface area contributed by atoms with E-state index in [4.69, 9.17) is 0 Å².